The lowest BCUT2D eigenvalue weighted by molar-refractivity contribution is -0.496. The van der Waals surface area contributed by atoms with E-state index in [1.165, 1.54) is 6.92 Å². The number of amides is 2. The monoisotopic (exact) mass is 462 g/mol. The molecule has 32 heavy (non-hydrogen) atoms. The number of hydrogen-bond donors (Lipinski definition) is 2. The minimum Gasteiger partial charge on any atom is -0.464 e. The van der Waals surface area contributed by atoms with E-state index in [2.05, 4.69) is 20.1 Å². The van der Waals surface area contributed by atoms with E-state index in [1.807, 2.05) is 13.8 Å². The molecule has 0 heterocycles. The third kappa shape index (κ3) is 9.66. The molecule has 0 fully saturated rings. The van der Waals surface area contributed by atoms with Crippen molar-refractivity contribution < 1.29 is 38.5 Å². The third-order valence-corrected chi connectivity index (χ3v) is 4.48. The first-order valence-corrected chi connectivity index (χ1v) is 9.84. The van der Waals surface area contributed by atoms with Crippen LogP contribution in [0.1, 0.15) is 40.5 Å². The summed E-state index contributed by atoms with van der Waals surface area (Å²) in [4.78, 5) is 66.7. The Hall–Kier alpha value is -3.32. The lowest BCUT2D eigenvalue weighted by Gasteiger charge is -2.28. The van der Waals surface area contributed by atoms with Crippen LogP contribution in [0, 0.1) is 31.6 Å². The maximum absolute atomic E-state index is 12.0. The molecular weight excluding hydrogens is 432 g/mol. The summed E-state index contributed by atoms with van der Waals surface area (Å²) in [5, 5.41) is 26.6. The van der Waals surface area contributed by atoms with E-state index in [0.29, 0.717) is 12.8 Å². The summed E-state index contributed by atoms with van der Waals surface area (Å²) in [6, 6.07) is -4.29. The van der Waals surface area contributed by atoms with E-state index in [4.69, 9.17) is 0 Å². The molecule has 3 unspecified atom stereocenters. The minimum atomic E-state index is -2.15. The lowest BCUT2D eigenvalue weighted by atomic mass is 9.80. The van der Waals surface area contributed by atoms with Crippen LogP contribution < -0.4 is 10.6 Å². The van der Waals surface area contributed by atoms with Crippen LogP contribution >= 0.6 is 0 Å². The van der Waals surface area contributed by atoms with Gasteiger partial charge in [0.1, 0.15) is 0 Å². The van der Waals surface area contributed by atoms with Gasteiger partial charge >= 0.3 is 35.8 Å². The van der Waals surface area contributed by atoms with E-state index in [0.717, 1.165) is 7.11 Å². The van der Waals surface area contributed by atoms with Crippen molar-refractivity contribution in [2.24, 2.45) is 11.3 Å². The van der Waals surface area contributed by atoms with Gasteiger partial charge in [-0.05, 0) is 31.1 Å². The first-order valence-electron chi connectivity index (χ1n) is 9.84. The molecule has 0 saturated carbocycles. The topological polar surface area (TPSA) is 197 Å². The number of ether oxygens (including phenoxy) is 2. The number of nitro groups is 2. The standard InChI is InChI=1S/C18H30N4O10/c1-6-32-17(26)13(22(29)30)15(24)20-10-11(2)9-18(3,4)7-8-19-14(23)12(21(27)28)16(25)31-5/h11-13H,6-10H2,1-5H3,(H,19,23)(H,20,24). The lowest BCUT2D eigenvalue weighted by Crippen LogP contribution is -2.47. The van der Waals surface area contributed by atoms with Crippen molar-refractivity contribution in [1.82, 2.24) is 10.6 Å². The van der Waals surface area contributed by atoms with E-state index in [-0.39, 0.29) is 25.6 Å². The van der Waals surface area contributed by atoms with E-state index >= 15 is 0 Å². The number of methoxy groups -OCH3 is 1. The summed E-state index contributed by atoms with van der Waals surface area (Å²) in [6.45, 7) is 6.99. The van der Waals surface area contributed by atoms with Gasteiger partial charge in [-0.15, -0.1) is 0 Å². The molecule has 0 aromatic heterocycles. The van der Waals surface area contributed by atoms with Crippen molar-refractivity contribution in [3.8, 4) is 0 Å². The van der Waals surface area contributed by atoms with Crippen molar-refractivity contribution >= 4 is 23.8 Å². The number of rotatable bonds is 14. The average molecular weight is 462 g/mol. The van der Waals surface area contributed by atoms with Crippen molar-refractivity contribution in [3.63, 3.8) is 0 Å². The van der Waals surface area contributed by atoms with Gasteiger partial charge in [0.15, 0.2) is 0 Å². The van der Waals surface area contributed by atoms with Gasteiger partial charge in [-0.25, -0.2) is 9.59 Å². The normalized spacial score (nSPS) is 13.8. The highest BCUT2D eigenvalue weighted by molar-refractivity contribution is 6.00. The first kappa shape index (κ1) is 28.7. The second kappa shape index (κ2) is 13.2. The molecule has 0 rings (SSSR count). The van der Waals surface area contributed by atoms with Gasteiger partial charge in [0.25, 0.3) is 0 Å². The van der Waals surface area contributed by atoms with E-state index in [1.54, 1.807) is 6.92 Å². The minimum absolute atomic E-state index is 0.0541. The zero-order chi connectivity index (χ0) is 25.1. The Morgan fingerprint density at radius 2 is 1.47 bits per heavy atom. The van der Waals surface area contributed by atoms with E-state index < -0.39 is 51.1 Å². The maximum atomic E-state index is 12.0. The molecule has 3 atom stereocenters. The third-order valence-electron chi connectivity index (χ3n) is 4.48. The second-order valence-corrected chi connectivity index (χ2v) is 7.91. The SMILES string of the molecule is CCOC(=O)C(C(=O)NCC(C)CC(C)(C)CCNC(=O)C(C(=O)OC)[N+](=O)[O-])[N+](=O)[O-]. The molecule has 0 aromatic carbocycles. The number of esters is 2. The van der Waals surface area contributed by atoms with Crippen LogP contribution in [0.25, 0.3) is 0 Å². The summed E-state index contributed by atoms with van der Waals surface area (Å²) in [6.07, 6.45) is 0.907. The first-order chi connectivity index (χ1) is 14.8. The Morgan fingerprint density at radius 3 is 1.94 bits per heavy atom. The second-order valence-electron chi connectivity index (χ2n) is 7.91. The molecule has 0 aliphatic heterocycles. The largest absolute Gasteiger partial charge is 0.464 e. The van der Waals surface area contributed by atoms with Crippen molar-refractivity contribution in [2.45, 2.75) is 52.6 Å². The predicted octanol–water partition coefficient (Wildman–Crippen LogP) is -0.312. The fourth-order valence-electron chi connectivity index (χ4n) is 3.02. The van der Waals surface area contributed by atoms with Gasteiger partial charge in [0.05, 0.1) is 13.7 Å². The highest BCUT2D eigenvalue weighted by atomic mass is 16.6. The molecule has 0 radical (unpaired) electrons. The molecule has 0 aliphatic rings. The average Bonchev–Trinajstić information content (AvgIpc) is 2.65. The van der Waals surface area contributed by atoms with Gasteiger partial charge in [-0.3, -0.25) is 29.8 Å². The summed E-state index contributed by atoms with van der Waals surface area (Å²) < 4.78 is 8.80. The zero-order valence-electron chi connectivity index (χ0n) is 18.7. The number of nitrogens with one attached hydrogen (secondary N) is 2. The van der Waals surface area contributed by atoms with Gasteiger partial charge in [-0.1, -0.05) is 20.8 Å². The van der Waals surface area contributed by atoms with Crippen LogP contribution in [0.4, 0.5) is 0 Å². The smallest absolute Gasteiger partial charge is 0.392 e. The van der Waals surface area contributed by atoms with Crippen LogP contribution in [0.15, 0.2) is 0 Å². The van der Waals surface area contributed by atoms with Crippen LogP contribution in [0.2, 0.25) is 0 Å². The van der Waals surface area contributed by atoms with Crippen molar-refractivity contribution in [1.29, 1.82) is 0 Å². The summed E-state index contributed by atoms with van der Waals surface area (Å²) >= 11 is 0. The van der Waals surface area contributed by atoms with Crippen molar-refractivity contribution in [2.75, 3.05) is 26.8 Å². The summed E-state index contributed by atoms with van der Waals surface area (Å²) in [5.41, 5.74) is -0.392. The highest BCUT2D eigenvalue weighted by Crippen LogP contribution is 2.28. The number of carbonyl (C=O) groups excluding carboxylic acids is 4. The summed E-state index contributed by atoms with van der Waals surface area (Å²) in [7, 11) is 0.940. The van der Waals surface area contributed by atoms with Crippen LogP contribution in [0.3, 0.4) is 0 Å². The predicted molar refractivity (Wildman–Crippen MR) is 108 cm³/mol. The molecule has 2 N–H and O–H groups in total. The molecule has 0 aliphatic carbocycles. The highest BCUT2D eigenvalue weighted by Gasteiger charge is 2.40. The van der Waals surface area contributed by atoms with Gasteiger partial charge in [-0.2, -0.15) is 0 Å². The number of hydrogen-bond acceptors (Lipinski definition) is 10. The van der Waals surface area contributed by atoms with Crippen LogP contribution in [0.5, 0.6) is 0 Å². The quantitative estimate of drug-likeness (QED) is 0.149. The van der Waals surface area contributed by atoms with Crippen LogP contribution in [-0.4, -0.2) is 72.5 Å². The van der Waals surface area contributed by atoms with Crippen molar-refractivity contribution in [3.05, 3.63) is 20.2 Å². The summed E-state index contributed by atoms with van der Waals surface area (Å²) in [5.74, 6) is -4.81. The molecule has 14 nitrogen and oxygen atoms in total. The zero-order valence-corrected chi connectivity index (χ0v) is 18.7. The Morgan fingerprint density at radius 1 is 0.969 bits per heavy atom. The number of carbonyl (C=O) groups is 4. The van der Waals surface area contributed by atoms with Crippen LogP contribution in [-0.2, 0) is 28.7 Å². The molecule has 0 aromatic rings. The molecular formula is C18H30N4O10. The molecule has 2 amide bonds. The number of nitrogens with zero attached hydrogens (tertiary/aromatic N) is 2. The molecule has 0 saturated heterocycles. The molecule has 182 valence electrons. The Bertz CT molecular complexity index is 725. The van der Waals surface area contributed by atoms with E-state index in [9.17, 15) is 39.4 Å². The van der Waals surface area contributed by atoms with Gasteiger partial charge in [0.2, 0.25) is 0 Å². The molecule has 14 heteroatoms. The fourth-order valence-corrected chi connectivity index (χ4v) is 3.02. The molecule has 0 bridgehead atoms. The molecule has 0 spiro atoms. The Kier molecular flexibility index (Phi) is 11.8. The van der Waals surface area contributed by atoms with Gasteiger partial charge < -0.3 is 20.1 Å². The fraction of sp³-hybridized carbons (Fsp3) is 0.778. The van der Waals surface area contributed by atoms with Gasteiger partial charge in [0, 0.05) is 22.9 Å². The maximum Gasteiger partial charge on any atom is 0.392 e. The Balaban J connectivity index is 4.68. The Labute approximate surface area is 184 Å².